The molecular formula is C23H30F2N4O3. The average molecular weight is 449 g/mol. The van der Waals surface area contributed by atoms with Gasteiger partial charge in [0.25, 0.3) is 17.4 Å². The van der Waals surface area contributed by atoms with Crippen molar-refractivity contribution < 1.29 is 21.5 Å². The third-order valence-electron chi connectivity index (χ3n) is 5.61. The number of hydrogen-bond acceptors (Lipinski definition) is 5. The molecule has 1 amide bonds. The summed E-state index contributed by atoms with van der Waals surface area (Å²) in [6.07, 6.45) is 1.83. The van der Waals surface area contributed by atoms with Crippen LogP contribution in [0.5, 0.6) is 5.75 Å². The van der Waals surface area contributed by atoms with Crippen molar-refractivity contribution in [3.63, 3.8) is 0 Å². The number of halogens is 2. The largest absolute Gasteiger partial charge is 0.504 e. The Hall–Kier alpha value is -3.33. The van der Waals surface area contributed by atoms with Gasteiger partial charge in [0.15, 0.2) is 11.6 Å². The van der Waals surface area contributed by atoms with Crippen LogP contribution in [0.2, 0.25) is 0 Å². The van der Waals surface area contributed by atoms with Crippen molar-refractivity contribution in [3.8, 4) is 5.75 Å². The fraction of sp³-hybridized carbons (Fsp3) is 0.348. The number of nitrogens with one attached hydrogen (secondary N) is 2. The number of likely N-dealkylation sites (tertiary alicyclic amines) is 1. The summed E-state index contributed by atoms with van der Waals surface area (Å²) in [5.41, 5.74) is 1.43. The van der Waals surface area contributed by atoms with E-state index in [1.807, 2.05) is 19.1 Å². The third kappa shape index (κ3) is 4.94. The maximum atomic E-state index is 14.5. The molecule has 32 heavy (non-hydrogen) atoms. The molecule has 3 heterocycles. The van der Waals surface area contributed by atoms with E-state index in [9.17, 15) is 18.4 Å². The van der Waals surface area contributed by atoms with Gasteiger partial charge in [-0.1, -0.05) is 19.1 Å². The number of pyridine rings is 2. The Morgan fingerprint density at radius 1 is 1.31 bits per heavy atom. The number of benzene rings is 1. The topological polar surface area (TPSA) is 98.3 Å². The van der Waals surface area contributed by atoms with Crippen LogP contribution in [-0.2, 0) is 13.0 Å². The van der Waals surface area contributed by atoms with Gasteiger partial charge in [0.05, 0.1) is 5.52 Å². The number of fused-ring (bicyclic) bond motifs is 1. The summed E-state index contributed by atoms with van der Waals surface area (Å²) < 4.78 is 27.1. The predicted molar refractivity (Wildman–Crippen MR) is 122 cm³/mol. The number of aryl methyl sites for hydroxylation is 1. The fourth-order valence-corrected chi connectivity index (χ4v) is 3.42. The number of aromatic nitrogens is 2. The van der Waals surface area contributed by atoms with E-state index in [1.165, 1.54) is 19.5 Å². The van der Waals surface area contributed by atoms with Gasteiger partial charge in [-0.3, -0.25) is 14.5 Å². The van der Waals surface area contributed by atoms with E-state index >= 15 is 0 Å². The van der Waals surface area contributed by atoms with E-state index in [1.54, 1.807) is 6.07 Å². The zero-order valence-electron chi connectivity index (χ0n) is 18.2. The number of carbonyl (C=O) groups excluding carboxylic acids is 1. The number of aromatic hydroxyl groups is 1. The molecule has 0 unspecified atom stereocenters. The van der Waals surface area contributed by atoms with Gasteiger partial charge in [-0.05, 0) is 38.0 Å². The molecule has 1 aliphatic heterocycles. The molecule has 1 atom stereocenters. The first-order chi connectivity index (χ1) is 15.2. The highest BCUT2D eigenvalue weighted by Crippen LogP contribution is 2.24. The molecule has 0 aliphatic carbocycles. The van der Waals surface area contributed by atoms with Crippen molar-refractivity contribution in [3.05, 3.63) is 69.3 Å². The maximum absolute atomic E-state index is 14.5. The lowest BCUT2D eigenvalue weighted by Crippen LogP contribution is -2.44. The van der Waals surface area contributed by atoms with Crippen LogP contribution in [0.3, 0.4) is 0 Å². The van der Waals surface area contributed by atoms with E-state index in [4.69, 9.17) is 5.11 Å². The van der Waals surface area contributed by atoms with E-state index in [0.29, 0.717) is 35.7 Å². The van der Waals surface area contributed by atoms with Crippen LogP contribution in [0.1, 0.15) is 44.7 Å². The third-order valence-corrected chi connectivity index (χ3v) is 5.61. The van der Waals surface area contributed by atoms with Crippen molar-refractivity contribution in [2.24, 2.45) is 0 Å². The number of carbonyl (C=O) groups is 1. The number of H-pyrrole nitrogens is 1. The van der Waals surface area contributed by atoms with E-state index in [2.05, 4.69) is 27.1 Å². The molecule has 3 aromatic rings. The zero-order chi connectivity index (χ0) is 23.4. The van der Waals surface area contributed by atoms with Crippen molar-refractivity contribution in [1.82, 2.24) is 20.2 Å². The van der Waals surface area contributed by atoms with Crippen LogP contribution in [0.4, 0.5) is 8.78 Å². The summed E-state index contributed by atoms with van der Waals surface area (Å²) in [6, 6.07) is 8.34. The minimum absolute atomic E-state index is 0. The molecule has 2 aromatic heterocycles. The summed E-state index contributed by atoms with van der Waals surface area (Å²) in [5, 5.41) is 11.8. The first-order valence-corrected chi connectivity index (χ1v) is 10.4. The summed E-state index contributed by atoms with van der Waals surface area (Å²) in [5.74, 6) is -2.39. The van der Waals surface area contributed by atoms with Crippen LogP contribution in [0.15, 0.2) is 35.1 Å². The van der Waals surface area contributed by atoms with E-state index in [-0.39, 0.29) is 19.9 Å². The van der Waals surface area contributed by atoms with Crippen LogP contribution < -0.4 is 10.9 Å². The fourth-order valence-electron chi connectivity index (χ4n) is 3.42. The van der Waals surface area contributed by atoms with Crippen molar-refractivity contribution in [2.45, 2.75) is 39.3 Å². The second-order valence-electron chi connectivity index (χ2n) is 7.67. The lowest BCUT2D eigenvalue weighted by molar-refractivity contribution is 0.0946. The molecular weight excluding hydrogens is 418 g/mol. The molecule has 0 radical (unpaired) electrons. The molecule has 1 saturated heterocycles. The minimum Gasteiger partial charge on any atom is -0.504 e. The molecule has 0 bridgehead atoms. The first kappa shape index (κ1) is 23.3. The monoisotopic (exact) mass is 448 g/mol. The lowest BCUT2D eigenvalue weighted by Gasteiger charge is -2.38. The number of aromatic amines is 1. The SMILES string of the molecule is CCc1cc2ccc(CN3CC[C@H]3C)c(F)c2[nH]c1=O.CNC(=O)c1ccc(O)c(F)n1.[HH].[HH]. The number of amides is 1. The summed E-state index contributed by atoms with van der Waals surface area (Å²) in [6.45, 7) is 5.70. The molecule has 1 aliphatic rings. The van der Waals surface area contributed by atoms with Crippen molar-refractivity contribution in [1.29, 1.82) is 0 Å². The molecule has 1 aromatic carbocycles. The Balaban J connectivity index is 0.000000360. The van der Waals surface area contributed by atoms with Gasteiger partial charge in [0, 0.05) is 45.5 Å². The van der Waals surface area contributed by atoms with Crippen LogP contribution in [0.25, 0.3) is 10.9 Å². The Morgan fingerprint density at radius 2 is 2.06 bits per heavy atom. The van der Waals surface area contributed by atoms with Gasteiger partial charge in [-0.25, -0.2) is 9.37 Å². The normalized spacial score (nSPS) is 15.6. The standard InChI is InChI=1S/C16H19FN2O.C7H7FN2O2.2H2/c1-3-11-8-12-4-5-13(9-19-7-6-10(19)2)14(17)15(12)18-16(11)20;1-9-7(12)4-2-3-5(11)6(8)10-4;;/h4-5,8,10H,3,6-7,9H2,1-2H3,(H,18,20);2-3,11H,1H3,(H,9,12);2*1H/t10-;;;/m1.../s1. The molecule has 0 saturated carbocycles. The van der Waals surface area contributed by atoms with Gasteiger partial charge >= 0.3 is 0 Å². The predicted octanol–water partition coefficient (Wildman–Crippen LogP) is 3.60. The molecule has 7 nitrogen and oxygen atoms in total. The van der Waals surface area contributed by atoms with Crippen molar-refractivity contribution >= 4 is 16.8 Å². The first-order valence-electron chi connectivity index (χ1n) is 10.4. The highest BCUT2D eigenvalue weighted by Gasteiger charge is 2.24. The molecule has 0 spiro atoms. The average Bonchev–Trinajstić information content (AvgIpc) is 2.79. The molecule has 4 rings (SSSR count). The lowest BCUT2D eigenvalue weighted by atomic mass is 10.0. The number of nitrogens with zero attached hydrogens (tertiary/aromatic N) is 2. The Morgan fingerprint density at radius 3 is 2.62 bits per heavy atom. The minimum atomic E-state index is -1.05. The quantitative estimate of drug-likeness (QED) is 0.530. The summed E-state index contributed by atoms with van der Waals surface area (Å²) in [4.78, 5) is 30.8. The second kappa shape index (κ2) is 9.86. The summed E-state index contributed by atoms with van der Waals surface area (Å²) in [7, 11) is 1.41. The van der Waals surface area contributed by atoms with Gasteiger partial charge in [-0.15, -0.1) is 0 Å². The number of hydrogen-bond donors (Lipinski definition) is 3. The molecule has 9 heteroatoms. The van der Waals surface area contributed by atoms with Crippen LogP contribution in [-0.4, -0.2) is 45.5 Å². The smallest absolute Gasteiger partial charge is 0.269 e. The Labute approximate surface area is 187 Å². The van der Waals surface area contributed by atoms with Gasteiger partial charge in [-0.2, -0.15) is 4.39 Å². The van der Waals surface area contributed by atoms with Crippen LogP contribution >= 0.6 is 0 Å². The van der Waals surface area contributed by atoms with Crippen molar-refractivity contribution in [2.75, 3.05) is 13.6 Å². The highest BCUT2D eigenvalue weighted by molar-refractivity contribution is 5.92. The number of rotatable bonds is 4. The molecule has 3 N–H and O–H groups in total. The van der Waals surface area contributed by atoms with Gasteiger partial charge in [0.1, 0.15) is 5.69 Å². The second-order valence-corrected chi connectivity index (χ2v) is 7.67. The summed E-state index contributed by atoms with van der Waals surface area (Å²) >= 11 is 0. The Kier molecular flexibility index (Phi) is 7.19. The van der Waals surface area contributed by atoms with E-state index in [0.717, 1.165) is 18.0 Å². The molecule has 1 fully saturated rings. The van der Waals surface area contributed by atoms with Crippen LogP contribution in [0, 0.1) is 11.8 Å². The zero-order valence-corrected chi connectivity index (χ0v) is 18.2. The van der Waals surface area contributed by atoms with E-state index < -0.39 is 17.6 Å². The van der Waals surface area contributed by atoms with Gasteiger partial charge < -0.3 is 15.4 Å². The maximum Gasteiger partial charge on any atom is 0.269 e. The highest BCUT2D eigenvalue weighted by atomic mass is 19.1. The Bertz CT molecular complexity index is 1210. The van der Waals surface area contributed by atoms with Gasteiger partial charge in [0.2, 0.25) is 0 Å². The molecule has 174 valence electrons.